The minimum atomic E-state index is -0.769. The predicted octanol–water partition coefficient (Wildman–Crippen LogP) is 5.57. The number of carbonyl (C=O) groups is 2. The fraction of sp³-hybridized carbons (Fsp3) is 0.652. The van der Waals surface area contributed by atoms with Gasteiger partial charge >= 0.3 is 5.97 Å². The topological polar surface area (TPSA) is 43.4 Å². The highest BCUT2D eigenvalue weighted by molar-refractivity contribution is 9.10. The van der Waals surface area contributed by atoms with E-state index in [1.54, 1.807) is 6.92 Å². The second-order valence-corrected chi connectivity index (χ2v) is 10.0. The first-order valence-electron chi connectivity index (χ1n) is 9.99. The van der Waals surface area contributed by atoms with Crippen molar-refractivity contribution in [3.63, 3.8) is 0 Å². The number of halogens is 1. The number of aryl methyl sites for hydroxylation is 1. The Labute approximate surface area is 171 Å². The smallest absolute Gasteiger partial charge is 0.312 e. The largest absolute Gasteiger partial charge is 0.469 e. The molecule has 0 aliphatic heterocycles. The van der Waals surface area contributed by atoms with Gasteiger partial charge in [-0.15, -0.1) is 0 Å². The lowest BCUT2D eigenvalue weighted by atomic mass is 9.46. The fourth-order valence-electron chi connectivity index (χ4n) is 6.01. The lowest BCUT2D eigenvalue weighted by molar-refractivity contribution is -0.170. The summed E-state index contributed by atoms with van der Waals surface area (Å²) in [5, 5.41) is 0. The first kappa shape index (κ1) is 20.6. The van der Waals surface area contributed by atoms with Gasteiger partial charge in [0.15, 0.2) is 0 Å². The molecule has 1 aromatic rings. The zero-order valence-corrected chi connectivity index (χ0v) is 18.9. The van der Waals surface area contributed by atoms with Crippen LogP contribution >= 0.6 is 15.9 Å². The number of rotatable bonds is 3. The highest BCUT2D eigenvalue weighted by Gasteiger charge is 2.61. The molecular formula is C23H31BrO3. The molecule has 0 aromatic heterocycles. The Morgan fingerprint density at radius 2 is 1.89 bits per heavy atom. The van der Waals surface area contributed by atoms with Crippen molar-refractivity contribution in [1.82, 2.24) is 0 Å². The SMILES string of the molecule is COC(=O)C1(C)C(C(C)=O)CC[C@@]2(C)c3cc(Br)c(C(C)C)cc3CCC12. The summed E-state index contributed by atoms with van der Waals surface area (Å²) in [6, 6.07) is 4.63. The van der Waals surface area contributed by atoms with Crippen molar-refractivity contribution in [2.24, 2.45) is 17.3 Å². The highest BCUT2D eigenvalue weighted by Crippen LogP contribution is 2.60. The Morgan fingerprint density at radius 3 is 2.44 bits per heavy atom. The maximum absolute atomic E-state index is 12.9. The van der Waals surface area contributed by atoms with Crippen LogP contribution in [0.5, 0.6) is 0 Å². The van der Waals surface area contributed by atoms with Crippen LogP contribution in [-0.2, 0) is 26.2 Å². The summed E-state index contributed by atoms with van der Waals surface area (Å²) in [4.78, 5) is 25.4. The molecule has 0 radical (unpaired) electrons. The molecule has 1 saturated carbocycles. The molecular weight excluding hydrogens is 404 g/mol. The summed E-state index contributed by atoms with van der Waals surface area (Å²) < 4.78 is 6.37. The quantitative estimate of drug-likeness (QED) is 0.583. The van der Waals surface area contributed by atoms with Crippen LogP contribution in [0.4, 0.5) is 0 Å². The van der Waals surface area contributed by atoms with E-state index in [-0.39, 0.29) is 29.0 Å². The van der Waals surface area contributed by atoms with Gasteiger partial charge in [-0.05, 0) is 79.5 Å². The highest BCUT2D eigenvalue weighted by atomic mass is 79.9. The summed E-state index contributed by atoms with van der Waals surface area (Å²) in [6.07, 6.45) is 3.52. The van der Waals surface area contributed by atoms with Crippen LogP contribution in [0.1, 0.15) is 76.5 Å². The first-order chi connectivity index (χ1) is 12.6. The van der Waals surface area contributed by atoms with Crippen molar-refractivity contribution in [1.29, 1.82) is 0 Å². The number of carbonyl (C=O) groups excluding carboxylic acids is 2. The van der Waals surface area contributed by atoms with Crippen LogP contribution in [-0.4, -0.2) is 18.9 Å². The Kier molecular flexibility index (Phi) is 5.35. The second-order valence-electron chi connectivity index (χ2n) is 9.17. The number of ether oxygens (including phenoxy) is 1. The van der Waals surface area contributed by atoms with Crippen LogP contribution in [0, 0.1) is 17.3 Å². The number of hydrogen-bond acceptors (Lipinski definition) is 3. The van der Waals surface area contributed by atoms with Crippen LogP contribution in [0.2, 0.25) is 0 Å². The van der Waals surface area contributed by atoms with Gasteiger partial charge in [0.25, 0.3) is 0 Å². The molecule has 3 unspecified atom stereocenters. The van der Waals surface area contributed by atoms with Crippen molar-refractivity contribution < 1.29 is 14.3 Å². The molecule has 0 N–H and O–H groups in total. The number of Topliss-reactive ketones (excluding diaryl/α,β-unsaturated/α-hetero) is 1. The average molecular weight is 435 g/mol. The van der Waals surface area contributed by atoms with E-state index in [1.165, 1.54) is 23.8 Å². The summed E-state index contributed by atoms with van der Waals surface area (Å²) in [5.41, 5.74) is 3.18. The molecule has 148 valence electrons. The van der Waals surface area contributed by atoms with Crippen molar-refractivity contribution in [2.75, 3.05) is 7.11 Å². The average Bonchev–Trinajstić information content (AvgIpc) is 2.60. The molecule has 2 aliphatic carbocycles. The molecule has 0 spiro atoms. The second kappa shape index (κ2) is 7.02. The summed E-state index contributed by atoms with van der Waals surface area (Å²) in [7, 11) is 1.44. The Morgan fingerprint density at radius 1 is 1.22 bits per heavy atom. The third-order valence-electron chi connectivity index (χ3n) is 7.45. The standard InChI is InChI=1S/C23H31BrO3/c1-13(2)16-11-15-7-8-20-22(4,18(15)12-19(16)24)10-9-17(14(3)25)23(20,5)21(26)27-6/h11-13,17,20H,7-10H2,1-6H3/t17?,20?,22-,23?/m0/s1. The molecule has 0 heterocycles. The molecule has 0 amide bonds. The van der Waals surface area contributed by atoms with Gasteiger partial charge in [-0.1, -0.05) is 42.8 Å². The van der Waals surface area contributed by atoms with E-state index < -0.39 is 5.41 Å². The molecule has 3 rings (SSSR count). The molecule has 0 saturated heterocycles. The maximum atomic E-state index is 12.9. The van der Waals surface area contributed by atoms with E-state index in [0.717, 1.165) is 30.2 Å². The number of methoxy groups -OCH3 is 1. The Hall–Kier alpha value is -1.16. The lowest BCUT2D eigenvalue weighted by Gasteiger charge is -2.56. The minimum absolute atomic E-state index is 0.101. The fourth-order valence-corrected chi connectivity index (χ4v) is 6.81. The van der Waals surface area contributed by atoms with Crippen LogP contribution < -0.4 is 0 Å². The minimum Gasteiger partial charge on any atom is -0.469 e. The van der Waals surface area contributed by atoms with E-state index in [9.17, 15) is 9.59 Å². The first-order valence-corrected chi connectivity index (χ1v) is 10.8. The van der Waals surface area contributed by atoms with Gasteiger partial charge in [-0.2, -0.15) is 0 Å². The summed E-state index contributed by atoms with van der Waals surface area (Å²) >= 11 is 3.78. The number of ketones is 1. The van der Waals surface area contributed by atoms with Crippen molar-refractivity contribution in [3.05, 3.63) is 33.3 Å². The van der Waals surface area contributed by atoms with Crippen LogP contribution in [0.3, 0.4) is 0 Å². The predicted molar refractivity (Wildman–Crippen MR) is 111 cm³/mol. The van der Waals surface area contributed by atoms with Crippen LogP contribution in [0.25, 0.3) is 0 Å². The normalized spacial score (nSPS) is 32.6. The van der Waals surface area contributed by atoms with E-state index >= 15 is 0 Å². The van der Waals surface area contributed by atoms with E-state index in [0.29, 0.717) is 5.92 Å². The summed E-state index contributed by atoms with van der Waals surface area (Å²) in [5.74, 6) is 0.170. The lowest BCUT2D eigenvalue weighted by Crippen LogP contribution is -2.58. The Balaban J connectivity index is 2.16. The monoisotopic (exact) mass is 434 g/mol. The van der Waals surface area contributed by atoms with Crippen molar-refractivity contribution in [3.8, 4) is 0 Å². The molecule has 0 bridgehead atoms. The van der Waals surface area contributed by atoms with Crippen molar-refractivity contribution in [2.45, 2.75) is 71.6 Å². The molecule has 1 aromatic carbocycles. The molecule has 2 aliphatic rings. The number of benzene rings is 1. The summed E-state index contributed by atoms with van der Waals surface area (Å²) in [6.45, 7) is 10.3. The molecule has 27 heavy (non-hydrogen) atoms. The third-order valence-corrected chi connectivity index (χ3v) is 8.13. The zero-order valence-electron chi connectivity index (χ0n) is 17.3. The number of hydrogen-bond donors (Lipinski definition) is 0. The van der Waals surface area contributed by atoms with Gasteiger partial charge in [-0.25, -0.2) is 0 Å². The maximum Gasteiger partial charge on any atom is 0.312 e. The third kappa shape index (κ3) is 2.99. The van der Waals surface area contributed by atoms with E-state index in [1.807, 2.05) is 6.92 Å². The van der Waals surface area contributed by atoms with Gasteiger partial charge in [0.05, 0.1) is 12.5 Å². The van der Waals surface area contributed by atoms with Gasteiger partial charge in [0, 0.05) is 10.4 Å². The number of fused-ring (bicyclic) bond motifs is 3. The van der Waals surface area contributed by atoms with Crippen LogP contribution in [0.15, 0.2) is 16.6 Å². The van der Waals surface area contributed by atoms with E-state index in [4.69, 9.17) is 4.74 Å². The molecule has 3 nitrogen and oxygen atoms in total. The Bertz CT molecular complexity index is 784. The van der Waals surface area contributed by atoms with Gasteiger partial charge < -0.3 is 4.74 Å². The molecule has 4 atom stereocenters. The molecule has 1 fully saturated rings. The van der Waals surface area contributed by atoms with Gasteiger partial charge in [-0.3, -0.25) is 9.59 Å². The molecule has 4 heteroatoms. The number of esters is 1. The van der Waals surface area contributed by atoms with Crippen molar-refractivity contribution >= 4 is 27.7 Å². The van der Waals surface area contributed by atoms with E-state index in [2.05, 4.69) is 48.8 Å². The zero-order chi connectivity index (χ0) is 20.1. The van der Waals surface area contributed by atoms with Gasteiger partial charge in [0.2, 0.25) is 0 Å². The van der Waals surface area contributed by atoms with Gasteiger partial charge in [0.1, 0.15) is 5.78 Å².